The average Bonchev–Trinajstić information content (AvgIpc) is 3.48. The van der Waals surface area contributed by atoms with E-state index in [1.807, 2.05) is 24.3 Å². The van der Waals surface area contributed by atoms with E-state index >= 15 is 0 Å². The molecule has 1 aliphatic heterocycles. The maximum atomic E-state index is 5.14. The standard InChI is InChI=1S/C36H27GeN3/c1-37(2)30-19-11-9-17-27(30)33-29-18-10-12-20-32(29)40(35(33)37)26-21-22-28-31(23-26)38-36(25-15-7-4-8-16-25)39-34(28)24-13-5-3-6-14-24/h3-23H,1-2H3. The summed E-state index contributed by atoms with van der Waals surface area (Å²) in [5.41, 5.74) is 9.30. The molecule has 0 radical (unpaired) electrons. The SMILES string of the molecule is [CH3][Ge]1([CH3])[c]2ccccc2-c2[c]1n(-c1ccc3c(-c4ccccc4)nc(-c4ccccc4)nc3c1)c1ccccc21. The molecule has 0 N–H and O–H groups in total. The van der Waals surface area contributed by atoms with Crippen LogP contribution in [0, 0.1) is 0 Å². The van der Waals surface area contributed by atoms with Gasteiger partial charge in [0.05, 0.1) is 0 Å². The van der Waals surface area contributed by atoms with Gasteiger partial charge in [-0.25, -0.2) is 0 Å². The summed E-state index contributed by atoms with van der Waals surface area (Å²) in [6, 6.07) is 45.4. The molecule has 0 amide bonds. The number of hydrogen-bond donors (Lipinski definition) is 0. The molecule has 3 nitrogen and oxygen atoms in total. The number of fused-ring (bicyclic) bond motifs is 6. The molecule has 2 aromatic heterocycles. The van der Waals surface area contributed by atoms with Gasteiger partial charge in [-0.15, -0.1) is 0 Å². The number of hydrogen-bond acceptors (Lipinski definition) is 2. The van der Waals surface area contributed by atoms with E-state index in [1.165, 1.54) is 26.6 Å². The molecule has 4 heteroatoms. The van der Waals surface area contributed by atoms with Crippen LogP contribution in [0.15, 0.2) is 127 Å². The van der Waals surface area contributed by atoms with Crippen molar-refractivity contribution < 1.29 is 0 Å². The fourth-order valence-corrected chi connectivity index (χ4v) is 13.6. The van der Waals surface area contributed by atoms with Crippen molar-refractivity contribution in [1.29, 1.82) is 0 Å². The normalized spacial score (nSPS) is 13.4. The summed E-state index contributed by atoms with van der Waals surface area (Å²) in [6.45, 7) is 0. The van der Waals surface area contributed by atoms with Gasteiger partial charge in [0.1, 0.15) is 0 Å². The summed E-state index contributed by atoms with van der Waals surface area (Å²) in [5.74, 6) is 5.81. The molecule has 190 valence electrons. The molecule has 8 rings (SSSR count). The molecule has 5 aromatic carbocycles. The summed E-state index contributed by atoms with van der Waals surface area (Å²) < 4.78 is 5.62. The Kier molecular flexibility index (Phi) is 5.13. The fraction of sp³-hybridized carbons (Fsp3) is 0.0556. The van der Waals surface area contributed by atoms with Gasteiger partial charge >= 0.3 is 237 Å². The van der Waals surface area contributed by atoms with Crippen molar-refractivity contribution in [2.24, 2.45) is 0 Å². The Morgan fingerprint density at radius 1 is 0.600 bits per heavy atom. The number of aromatic nitrogens is 3. The van der Waals surface area contributed by atoms with Crippen LogP contribution in [0.25, 0.3) is 61.3 Å². The van der Waals surface area contributed by atoms with Gasteiger partial charge in [0, 0.05) is 0 Å². The van der Waals surface area contributed by atoms with Crippen LogP contribution < -0.4 is 8.92 Å². The predicted octanol–water partition coefficient (Wildman–Crippen LogP) is 7.71. The van der Waals surface area contributed by atoms with Crippen molar-refractivity contribution in [3.63, 3.8) is 0 Å². The van der Waals surface area contributed by atoms with Gasteiger partial charge in [0.25, 0.3) is 0 Å². The van der Waals surface area contributed by atoms with Crippen molar-refractivity contribution >= 4 is 44.0 Å². The molecule has 0 unspecified atom stereocenters. The topological polar surface area (TPSA) is 30.7 Å². The zero-order chi connectivity index (χ0) is 26.8. The van der Waals surface area contributed by atoms with Gasteiger partial charge in [0.2, 0.25) is 0 Å². The first-order valence-corrected chi connectivity index (χ1v) is 20.1. The first-order valence-electron chi connectivity index (χ1n) is 13.8. The zero-order valence-electron chi connectivity index (χ0n) is 22.5. The number of nitrogens with zero attached hydrogens (tertiary/aromatic N) is 3. The van der Waals surface area contributed by atoms with Crippen LogP contribution in [0.5, 0.6) is 0 Å². The number of rotatable bonds is 3. The molecule has 0 saturated carbocycles. The second kappa shape index (κ2) is 8.77. The Hall–Kier alpha value is -4.48. The van der Waals surface area contributed by atoms with E-state index in [1.54, 1.807) is 4.40 Å². The summed E-state index contributed by atoms with van der Waals surface area (Å²) in [5, 5.41) is 2.39. The Balaban J connectivity index is 1.43. The third-order valence-corrected chi connectivity index (χ3v) is 15.6. The fourth-order valence-electron chi connectivity index (χ4n) is 6.54. The molecule has 0 bridgehead atoms. The van der Waals surface area contributed by atoms with E-state index in [-0.39, 0.29) is 0 Å². The minimum absolute atomic E-state index is 0.747. The first kappa shape index (κ1) is 23.4. The van der Waals surface area contributed by atoms with Crippen LogP contribution in [0.4, 0.5) is 0 Å². The van der Waals surface area contributed by atoms with Gasteiger partial charge in [-0.2, -0.15) is 0 Å². The average molecular weight is 574 g/mol. The molecule has 1 aliphatic rings. The summed E-state index contributed by atoms with van der Waals surface area (Å²) in [7, 11) is 0. The number of para-hydroxylation sites is 1. The summed E-state index contributed by atoms with van der Waals surface area (Å²) >= 11 is -2.59. The quantitative estimate of drug-likeness (QED) is 0.203. The Morgan fingerprint density at radius 2 is 1.27 bits per heavy atom. The van der Waals surface area contributed by atoms with Crippen LogP contribution in [0.2, 0.25) is 11.5 Å². The van der Waals surface area contributed by atoms with Crippen LogP contribution >= 0.6 is 0 Å². The Labute approximate surface area is 236 Å². The van der Waals surface area contributed by atoms with Crippen LogP contribution in [-0.2, 0) is 0 Å². The van der Waals surface area contributed by atoms with E-state index in [2.05, 4.69) is 119 Å². The maximum absolute atomic E-state index is 5.14. The van der Waals surface area contributed by atoms with Gasteiger partial charge in [-0.05, 0) is 0 Å². The molecular formula is C36H27GeN3. The molecule has 0 aliphatic carbocycles. The summed E-state index contributed by atoms with van der Waals surface area (Å²) in [4.78, 5) is 10.2. The number of benzene rings is 5. The second-order valence-corrected chi connectivity index (χ2v) is 20.0. The Morgan fingerprint density at radius 3 is 2.08 bits per heavy atom. The monoisotopic (exact) mass is 575 g/mol. The van der Waals surface area contributed by atoms with Gasteiger partial charge in [-0.1, -0.05) is 0 Å². The molecular weight excluding hydrogens is 547 g/mol. The van der Waals surface area contributed by atoms with Crippen molar-refractivity contribution in [3.8, 4) is 39.5 Å². The van der Waals surface area contributed by atoms with Gasteiger partial charge in [0.15, 0.2) is 0 Å². The molecule has 0 atom stereocenters. The predicted molar refractivity (Wildman–Crippen MR) is 169 cm³/mol. The molecule has 3 heterocycles. The van der Waals surface area contributed by atoms with E-state index in [4.69, 9.17) is 9.97 Å². The van der Waals surface area contributed by atoms with Gasteiger partial charge in [-0.3, -0.25) is 0 Å². The minimum atomic E-state index is -2.59. The Bertz CT molecular complexity index is 2080. The molecule has 0 spiro atoms. The third-order valence-electron chi connectivity index (χ3n) is 8.35. The van der Waals surface area contributed by atoms with E-state index in [9.17, 15) is 0 Å². The molecule has 0 fully saturated rings. The molecule has 0 saturated heterocycles. The van der Waals surface area contributed by atoms with Crippen LogP contribution in [-0.4, -0.2) is 27.8 Å². The summed E-state index contributed by atoms with van der Waals surface area (Å²) in [6.07, 6.45) is 0. The van der Waals surface area contributed by atoms with E-state index in [0.29, 0.717) is 0 Å². The van der Waals surface area contributed by atoms with E-state index < -0.39 is 13.3 Å². The van der Waals surface area contributed by atoms with Crippen molar-refractivity contribution in [3.05, 3.63) is 127 Å². The van der Waals surface area contributed by atoms with Crippen molar-refractivity contribution in [2.45, 2.75) is 11.5 Å². The molecule has 40 heavy (non-hydrogen) atoms. The van der Waals surface area contributed by atoms with Gasteiger partial charge < -0.3 is 0 Å². The zero-order valence-corrected chi connectivity index (χ0v) is 24.6. The second-order valence-electron chi connectivity index (χ2n) is 11.1. The van der Waals surface area contributed by atoms with E-state index in [0.717, 1.165) is 39.2 Å². The molecule has 7 aromatic rings. The van der Waals surface area contributed by atoms with Crippen LogP contribution in [0.3, 0.4) is 0 Å². The van der Waals surface area contributed by atoms with Crippen molar-refractivity contribution in [1.82, 2.24) is 14.5 Å². The van der Waals surface area contributed by atoms with Crippen LogP contribution in [0.1, 0.15) is 0 Å². The third kappa shape index (κ3) is 3.37. The first-order chi connectivity index (χ1) is 19.6. The van der Waals surface area contributed by atoms with Crippen molar-refractivity contribution in [2.75, 3.05) is 0 Å².